The van der Waals surface area contributed by atoms with Gasteiger partial charge in [-0.2, -0.15) is 4.98 Å². The molecular weight excluding hydrogens is 310 g/mol. The summed E-state index contributed by atoms with van der Waals surface area (Å²) < 4.78 is 19.0. The lowest BCUT2D eigenvalue weighted by molar-refractivity contribution is 0.453. The van der Waals surface area contributed by atoms with E-state index < -0.39 is 0 Å². The van der Waals surface area contributed by atoms with Crippen molar-refractivity contribution in [2.24, 2.45) is 0 Å². The molecule has 0 amide bonds. The second-order valence-electron chi connectivity index (χ2n) is 3.30. The average molecular weight is 318 g/mol. The zero-order valence-electron chi connectivity index (χ0n) is 8.75. The van der Waals surface area contributed by atoms with Gasteiger partial charge in [-0.1, -0.05) is 0 Å². The highest BCUT2D eigenvalue weighted by molar-refractivity contribution is 9.10. The summed E-state index contributed by atoms with van der Waals surface area (Å²) >= 11 is 8.91. The van der Waals surface area contributed by atoms with Crippen LogP contribution in [-0.2, 0) is 0 Å². The number of ether oxygens (including phenoxy) is 1. The number of aryl methyl sites for hydroxylation is 1. The van der Waals surface area contributed by atoms with Crippen molar-refractivity contribution in [3.8, 4) is 11.6 Å². The fourth-order valence-electron chi connectivity index (χ4n) is 1.23. The minimum absolute atomic E-state index is 0.0861. The number of aromatic nitrogens is 2. The van der Waals surface area contributed by atoms with Crippen LogP contribution in [0.15, 0.2) is 28.9 Å². The molecule has 1 heterocycles. The minimum atomic E-state index is -0.311. The Labute approximate surface area is 111 Å². The maximum Gasteiger partial charge on any atom is 0.237 e. The summed E-state index contributed by atoms with van der Waals surface area (Å²) in [6.45, 7) is 1.75. The molecule has 0 aliphatic carbocycles. The van der Waals surface area contributed by atoms with Crippen LogP contribution >= 0.6 is 27.5 Å². The second-order valence-corrected chi connectivity index (χ2v) is 4.50. The fourth-order valence-corrected chi connectivity index (χ4v) is 1.63. The SMILES string of the molecule is Cc1cc(F)ccc1Oc1nc(Cl)ncc1Br. The van der Waals surface area contributed by atoms with Gasteiger partial charge in [0.25, 0.3) is 0 Å². The molecule has 0 aliphatic rings. The van der Waals surface area contributed by atoms with E-state index in [1.807, 2.05) is 0 Å². The highest BCUT2D eigenvalue weighted by atomic mass is 79.9. The summed E-state index contributed by atoms with van der Waals surface area (Å²) in [7, 11) is 0. The first kappa shape index (κ1) is 12.3. The average Bonchev–Trinajstić information content (AvgIpc) is 2.27. The molecule has 0 unspecified atom stereocenters. The lowest BCUT2D eigenvalue weighted by atomic mass is 10.2. The first-order valence-electron chi connectivity index (χ1n) is 4.68. The molecule has 0 spiro atoms. The normalized spacial score (nSPS) is 10.4. The summed E-state index contributed by atoms with van der Waals surface area (Å²) in [5.74, 6) is 0.496. The van der Waals surface area contributed by atoms with Crippen molar-refractivity contribution in [3.05, 3.63) is 45.5 Å². The van der Waals surface area contributed by atoms with Gasteiger partial charge in [0.1, 0.15) is 11.6 Å². The highest BCUT2D eigenvalue weighted by Gasteiger charge is 2.08. The number of nitrogens with zero attached hydrogens (tertiary/aromatic N) is 2. The molecule has 1 aromatic carbocycles. The number of hydrogen-bond donors (Lipinski definition) is 0. The van der Waals surface area contributed by atoms with Crippen LogP contribution in [0.5, 0.6) is 11.6 Å². The van der Waals surface area contributed by atoms with Crippen molar-refractivity contribution in [3.63, 3.8) is 0 Å². The van der Waals surface area contributed by atoms with E-state index >= 15 is 0 Å². The maximum atomic E-state index is 12.9. The first-order chi connectivity index (χ1) is 8.06. The van der Waals surface area contributed by atoms with E-state index in [-0.39, 0.29) is 11.1 Å². The van der Waals surface area contributed by atoms with Gasteiger partial charge in [-0.25, -0.2) is 9.37 Å². The van der Waals surface area contributed by atoms with Crippen LogP contribution in [0, 0.1) is 12.7 Å². The molecule has 0 aliphatic heterocycles. The van der Waals surface area contributed by atoms with Gasteiger partial charge in [0.15, 0.2) is 0 Å². The molecule has 1 aromatic heterocycles. The minimum Gasteiger partial charge on any atom is -0.437 e. The van der Waals surface area contributed by atoms with E-state index in [1.54, 1.807) is 6.92 Å². The van der Waals surface area contributed by atoms with Gasteiger partial charge >= 0.3 is 0 Å². The zero-order chi connectivity index (χ0) is 12.4. The Balaban J connectivity index is 2.34. The molecule has 0 saturated carbocycles. The highest BCUT2D eigenvalue weighted by Crippen LogP contribution is 2.29. The van der Waals surface area contributed by atoms with Crippen molar-refractivity contribution in [1.82, 2.24) is 9.97 Å². The van der Waals surface area contributed by atoms with Crippen LogP contribution in [0.1, 0.15) is 5.56 Å². The van der Waals surface area contributed by atoms with Crippen LogP contribution in [0.3, 0.4) is 0 Å². The summed E-state index contributed by atoms with van der Waals surface area (Å²) in [6, 6.07) is 4.23. The number of halogens is 3. The summed E-state index contributed by atoms with van der Waals surface area (Å²) in [4.78, 5) is 7.71. The Kier molecular flexibility index (Phi) is 3.59. The quantitative estimate of drug-likeness (QED) is 0.781. The zero-order valence-corrected chi connectivity index (χ0v) is 11.1. The third kappa shape index (κ3) is 2.92. The molecule has 0 bridgehead atoms. The van der Waals surface area contributed by atoms with E-state index in [4.69, 9.17) is 16.3 Å². The van der Waals surface area contributed by atoms with Gasteiger partial charge in [-0.15, -0.1) is 0 Å². The maximum absolute atomic E-state index is 12.9. The molecule has 3 nitrogen and oxygen atoms in total. The molecule has 0 radical (unpaired) electrons. The molecule has 2 aromatic rings. The van der Waals surface area contributed by atoms with Crippen LogP contribution < -0.4 is 4.74 Å². The van der Waals surface area contributed by atoms with Gasteiger partial charge in [-0.3, -0.25) is 0 Å². The van der Waals surface area contributed by atoms with Gasteiger partial charge in [-0.05, 0) is 58.2 Å². The Morgan fingerprint density at radius 1 is 1.41 bits per heavy atom. The molecular formula is C11H7BrClFN2O. The van der Waals surface area contributed by atoms with Crippen molar-refractivity contribution in [2.75, 3.05) is 0 Å². The third-order valence-electron chi connectivity index (χ3n) is 2.03. The van der Waals surface area contributed by atoms with Crippen LogP contribution in [-0.4, -0.2) is 9.97 Å². The molecule has 2 rings (SSSR count). The summed E-state index contributed by atoms with van der Waals surface area (Å²) in [6.07, 6.45) is 1.49. The molecule has 0 saturated heterocycles. The van der Waals surface area contributed by atoms with E-state index in [2.05, 4.69) is 25.9 Å². The largest absolute Gasteiger partial charge is 0.437 e. The molecule has 0 atom stereocenters. The number of rotatable bonds is 2. The second kappa shape index (κ2) is 4.98. The predicted octanol–water partition coefficient (Wildman–Crippen LogP) is 4.13. The summed E-state index contributed by atoms with van der Waals surface area (Å²) in [5.41, 5.74) is 0.673. The van der Waals surface area contributed by atoms with E-state index in [0.717, 1.165) is 0 Å². The first-order valence-corrected chi connectivity index (χ1v) is 5.85. The van der Waals surface area contributed by atoms with Crippen molar-refractivity contribution >= 4 is 27.5 Å². The van der Waals surface area contributed by atoms with Crippen molar-refractivity contribution in [1.29, 1.82) is 0 Å². The third-order valence-corrected chi connectivity index (χ3v) is 2.75. The molecule has 0 fully saturated rings. The van der Waals surface area contributed by atoms with Gasteiger partial charge in [0, 0.05) is 6.20 Å². The predicted molar refractivity (Wildman–Crippen MR) is 66.0 cm³/mol. The van der Waals surface area contributed by atoms with Crippen LogP contribution in [0.2, 0.25) is 5.28 Å². The smallest absolute Gasteiger partial charge is 0.237 e. The number of benzene rings is 1. The summed E-state index contributed by atoms with van der Waals surface area (Å²) in [5, 5.41) is 0.0861. The Bertz CT molecular complexity index is 565. The van der Waals surface area contributed by atoms with E-state index in [1.165, 1.54) is 24.4 Å². The van der Waals surface area contributed by atoms with E-state index in [9.17, 15) is 4.39 Å². The molecule has 17 heavy (non-hydrogen) atoms. The van der Waals surface area contributed by atoms with Gasteiger partial charge < -0.3 is 4.74 Å². The number of hydrogen-bond acceptors (Lipinski definition) is 3. The monoisotopic (exact) mass is 316 g/mol. The van der Waals surface area contributed by atoms with Crippen LogP contribution in [0.4, 0.5) is 4.39 Å². The lowest BCUT2D eigenvalue weighted by Gasteiger charge is -2.08. The van der Waals surface area contributed by atoms with Gasteiger partial charge in [0.05, 0.1) is 4.47 Å². The fraction of sp³-hybridized carbons (Fsp3) is 0.0909. The molecule has 88 valence electrons. The van der Waals surface area contributed by atoms with E-state index in [0.29, 0.717) is 21.7 Å². The Morgan fingerprint density at radius 3 is 2.88 bits per heavy atom. The van der Waals surface area contributed by atoms with Gasteiger partial charge in [0.2, 0.25) is 11.2 Å². The Hall–Kier alpha value is -1.20. The topological polar surface area (TPSA) is 35.0 Å². The Morgan fingerprint density at radius 2 is 2.18 bits per heavy atom. The van der Waals surface area contributed by atoms with Crippen molar-refractivity contribution < 1.29 is 9.13 Å². The standard InChI is InChI=1S/C11H7BrClFN2O/c1-6-4-7(14)2-3-9(6)17-10-8(12)5-15-11(13)16-10/h2-5H,1H3. The lowest BCUT2D eigenvalue weighted by Crippen LogP contribution is -1.93. The molecule has 0 N–H and O–H groups in total. The van der Waals surface area contributed by atoms with Crippen LogP contribution in [0.25, 0.3) is 0 Å². The van der Waals surface area contributed by atoms with Crippen molar-refractivity contribution in [2.45, 2.75) is 6.92 Å². The molecule has 6 heteroatoms.